The summed E-state index contributed by atoms with van der Waals surface area (Å²) in [5, 5.41) is 300. The zero-order chi connectivity index (χ0) is 88.2. The minimum absolute atomic E-state index is 0.810. The van der Waals surface area contributed by atoms with Gasteiger partial charge in [-0.25, -0.2) is 0 Å². The summed E-state index contributed by atoms with van der Waals surface area (Å²) in [5.74, 6) is -3.62. The van der Waals surface area contributed by atoms with Gasteiger partial charge in [-0.15, -0.1) is 0 Å². The molecule has 4 amide bonds. The number of ether oxygens (including phenoxy) is 19. The number of rotatable bonds is 30. The molecule has 10 saturated heterocycles. The lowest BCUT2D eigenvalue weighted by molar-refractivity contribution is -0.408. The van der Waals surface area contributed by atoms with Crippen LogP contribution in [0.2, 0.25) is 0 Å². The van der Waals surface area contributed by atoms with Crippen molar-refractivity contribution in [3.8, 4) is 0 Å². The van der Waals surface area contributed by atoms with E-state index >= 15 is 0 Å². The van der Waals surface area contributed by atoms with Crippen LogP contribution in [-0.2, 0) is 109 Å². The highest BCUT2D eigenvalue weighted by Crippen LogP contribution is 2.41. The lowest BCUT2D eigenvalue weighted by Crippen LogP contribution is -2.71. The van der Waals surface area contributed by atoms with Crippen LogP contribution in [0.5, 0.6) is 0 Å². The highest BCUT2D eigenvalue weighted by Gasteiger charge is 2.62. The van der Waals surface area contributed by atoms with Gasteiger partial charge in [0, 0.05) is 27.7 Å². The van der Waals surface area contributed by atoms with Crippen molar-refractivity contribution in [2.24, 2.45) is 0 Å². The van der Waals surface area contributed by atoms with Gasteiger partial charge in [0.05, 0.1) is 65.6 Å². The number of hydrogen-bond donors (Lipinski definition) is 30. The van der Waals surface area contributed by atoms with E-state index in [9.17, 15) is 152 Å². The van der Waals surface area contributed by atoms with Crippen LogP contribution >= 0.6 is 0 Å². The third-order valence-corrected chi connectivity index (χ3v) is 22.0. The molecule has 0 aromatic carbocycles. The van der Waals surface area contributed by atoms with E-state index in [-0.39, 0.29) is 0 Å². The van der Waals surface area contributed by atoms with Crippen LogP contribution in [0.3, 0.4) is 0 Å². The number of aliphatic hydroxyl groups excluding tert-OH is 26. The molecule has 10 aliphatic rings. The van der Waals surface area contributed by atoms with Gasteiger partial charge < -0.3 is 244 Å². The van der Waals surface area contributed by atoms with Crippen molar-refractivity contribution in [3.63, 3.8) is 0 Å². The number of amides is 4. The summed E-state index contributed by atoms with van der Waals surface area (Å²) in [5.41, 5.74) is 0. The lowest BCUT2D eigenvalue weighted by atomic mass is 9.93. The van der Waals surface area contributed by atoms with Gasteiger partial charge in [-0.2, -0.15) is 0 Å². The predicted molar refractivity (Wildman–Crippen MR) is 369 cm³/mol. The summed E-state index contributed by atoms with van der Waals surface area (Å²) in [6, 6.07) is -7.37. The van der Waals surface area contributed by atoms with Crippen LogP contribution in [-0.4, -0.2) is 517 Å². The van der Waals surface area contributed by atoms with Crippen molar-refractivity contribution in [1.29, 1.82) is 0 Å². The molecule has 30 N–H and O–H groups in total. The molecule has 0 spiro atoms. The highest BCUT2D eigenvalue weighted by atomic mass is 16.8. The summed E-state index contributed by atoms with van der Waals surface area (Å²) in [7, 11) is 0. The van der Waals surface area contributed by atoms with E-state index in [1.54, 1.807) is 0 Å². The summed E-state index contributed by atoms with van der Waals surface area (Å²) in [4.78, 5) is 51.4. The van der Waals surface area contributed by atoms with E-state index in [0.717, 1.165) is 27.7 Å². The van der Waals surface area contributed by atoms with Gasteiger partial charge in [0.1, 0.15) is 232 Å². The normalized spacial score (nSPS) is 49.7. The molecule has 10 heterocycles. The van der Waals surface area contributed by atoms with Crippen molar-refractivity contribution in [2.75, 3.05) is 59.5 Å². The molecule has 0 radical (unpaired) electrons. The molecule has 0 aromatic heterocycles. The van der Waals surface area contributed by atoms with Gasteiger partial charge in [0.25, 0.3) is 0 Å². The van der Waals surface area contributed by atoms with Gasteiger partial charge in [-0.1, -0.05) is 0 Å². The second kappa shape index (κ2) is 42.8. The number of hydrogen-bond acceptors (Lipinski definition) is 49. The van der Waals surface area contributed by atoms with Crippen molar-refractivity contribution in [3.05, 3.63) is 0 Å². The van der Waals surface area contributed by atoms with Crippen LogP contribution in [0.1, 0.15) is 34.6 Å². The number of carbonyl (C=O) groups excluding carboxylic acids is 4. The third kappa shape index (κ3) is 21.6. The predicted octanol–water partition coefficient (Wildman–Crippen LogP) is -20.6. The van der Waals surface area contributed by atoms with E-state index in [0.29, 0.717) is 0 Å². The zero-order valence-electron chi connectivity index (χ0n) is 64.7. The van der Waals surface area contributed by atoms with Crippen LogP contribution in [0.25, 0.3) is 0 Å². The Labute approximate surface area is 679 Å². The van der Waals surface area contributed by atoms with Crippen molar-refractivity contribution < 1.29 is 242 Å². The Kier molecular flexibility index (Phi) is 35.0. The van der Waals surface area contributed by atoms with Gasteiger partial charge in [0.2, 0.25) is 23.6 Å². The fourth-order valence-electron chi connectivity index (χ4n) is 15.6. The van der Waals surface area contributed by atoms with Gasteiger partial charge >= 0.3 is 0 Å². The Bertz CT molecular complexity index is 3230. The first-order valence-corrected chi connectivity index (χ1v) is 38.4. The maximum atomic E-state index is 13.4. The molecule has 53 nitrogen and oxygen atoms in total. The Morgan fingerprint density at radius 1 is 0.267 bits per heavy atom. The third-order valence-electron chi connectivity index (χ3n) is 22.0. The number of carbonyl (C=O) groups is 4. The fraction of sp³-hybridized carbons (Fsp3) is 0.940. The van der Waals surface area contributed by atoms with Crippen molar-refractivity contribution >= 4 is 23.6 Å². The molecule has 10 fully saturated rings. The molecule has 1 unspecified atom stereocenters. The molecule has 10 rings (SSSR count). The van der Waals surface area contributed by atoms with Crippen molar-refractivity contribution in [2.45, 2.75) is 335 Å². The molecule has 0 saturated carbocycles. The molecule has 49 atom stereocenters. The summed E-state index contributed by atoms with van der Waals surface area (Å²) < 4.78 is 114. The Balaban J connectivity index is 1.00. The van der Waals surface area contributed by atoms with Crippen LogP contribution < -0.4 is 21.3 Å². The molecule has 53 heteroatoms. The first-order chi connectivity index (χ1) is 56.8. The number of aliphatic hydroxyl groups is 26. The summed E-state index contributed by atoms with van der Waals surface area (Å²) in [6.45, 7) is -4.75. The minimum atomic E-state index is -2.58. The standard InChI is InChI=1S/C67H112N4O49/c1-15-33(84)41(92)46(97)64(104-15)118-55-31(70-18(4)81)58(101)105-27(12-78)53(55)116-60-30(69-17(3)80)40(91)50(24(9-75)109-60)115-67-57(120-63-45(96)34(85)20(83)13-102-63)56(38(89)28(112-67)14-103-62-48(99)43(94)51(25(10-76)110-62)113-59-29(68-16(2)79)39(90)35(86)21(6-72)106-59)119-66-49(100)44(95)52(26(11-77)111-66)114-61-32(71-19(5)82)54(37(88)23(8-74)107-61)117-65-47(98)42(93)36(87)22(7-73)108-65/h15,20-67,72-78,83-101H,6-14H2,1-5H3,(H,68,79)(H,69,80)(H,70,81)(H,71,82)/t15-,20+,21+,22+,23+,24+,25+,26+,27+,28+,29+,30+,31+,32+,33+,34-,35+,36-,37+,38+,39+,40+,41+,42-,43-,44+,45+,46-,47+,48-,49-,50+,51+,52+,53+,54+,55+,56-,57-,58?,59-,60-,61-,62-,63-,64-,65-,66+,67-/m0/s1. The lowest BCUT2D eigenvalue weighted by Gasteiger charge is -2.52. The maximum absolute atomic E-state index is 13.4. The van der Waals surface area contributed by atoms with Crippen molar-refractivity contribution in [1.82, 2.24) is 21.3 Å². The molecule has 0 aromatic rings. The fourth-order valence-corrected chi connectivity index (χ4v) is 15.6. The largest absolute Gasteiger partial charge is 0.394 e. The molecular formula is C67H112N4O49. The topological polar surface area (TPSA) is 818 Å². The summed E-state index contributed by atoms with van der Waals surface area (Å²) >= 11 is 0. The smallest absolute Gasteiger partial charge is 0.217 e. The van der Waals surface area contributed by atoms with E-state index in [1.165, 1.54) is 6.92 Å². The molecular weight excluding hydrogens is 1640 g/mol. The highest BCUT2D eigenvalue weighted by molar-refractivity contribution is 5.74. The molecule has 0 bridgehead atoms. The van der Waals surface area contributed by atoms with Gasteiger partial charge in [0.15, 0.2) is 62.9 Å². The van der Waals surface area contributed by atoms with Crippen LogP contribution in [0.15, 0.2) is 0 Å². The van der Waals surface area contributed by atoms with Gasteiger partial charge in [-0.05, 0) is 6.92 Å². The Hall–Kier alpha value is -3.92. The zero-order valence-corrected chi connectivity index (χ0v) is 64.7. The second-order valence-electron chi connectivity index (χ2n) is 30.5. The first kappa shape index (κ1) is 98.3. The Morgan fingerprint density at radius 2 is 0.600 bits per heavy atom. The van der Waals surface area contributed by atoms with Crippen LogP contribution in [0.4, 0.5) is 0 Å². The number of nitrogens with one attached hydrogen (secondary N) is 4. The Morgan fingerprint density at radius 3 is 1.12 bits per heavy atom. The van der Waals surface area contributed by atoms with E-state index in [2.05, 4.69) is 21.3 Å². The monoisotopic (exact) mass is 1760 g/mol. The molecule has 694 valence electrons. The summed E-state index contributed by atoms with van der Waals surface area (Å²) in [6.07, 6.45) is -93.6. The maximum Gasteiger partial charge on any atom is 0.217 e. The van der Waals surface area contributed by atoms with E-state index in [4.69, 9.17) is 90.0 Å². The second-order valence-corrected chi connectivity index (χ2v) is 30.5. The quantitative estimate of drug-likeness (QED) is 0.0318. The van der Waals surface area contributed by atoms with Gasteiger partial charge in [-0.3, -0.25) is 19.2 Å². The minimum Gasteiger partial charge on any atom is -0.394 e. The SMILES string of the molecule is CC(=O)N[C@H]1[C@H](O[C@H]2[C@H](O[C@@H]3O[C@@H](C)[C@@H](O)[C@@H](O)[C@@H]3O)[C@@H](NC(C)=O)C(O)O[C@@H]2CO)O[C@H](CO)[C@@H](O[C@@H]2O[C@H](CO[C@H]3O[C@H](CO)[C@@H](O[C@@H]4O[C@H](CO)[C@@H](O)[C@H](O)[C@H]4NC(C)=O)[C@@H](O)[C@@H]3O)[C@@H](O)[C@H](O[C@H]3O[C@H](CO)[C@@H](O[C@@H]4O[C@H](CO)[C@@H](O)[C@H](O[C@@H]5O[C@H](CO)[C@H](O)[C@H](O)[C@H]5O)[C@H]4NC(C)=O)[C@H](O)[C@@H]3O)[C@@H]2O[C@@H]2OC[C@@H](O)[C@H](O)[C@H]2O)[C@@H]1O. The average Bonchev–Trinajstić information content (AvgIpc) is 0.764. The molecule has 0 aliphatic carbocycles. The van der Waals surface area contributed by atoms with Crippen LogP contribution in [0, 0.1) is 0 Å². The van der Waals surface area contributed by atoms with E-state index in [1.807, 2.05) is 0 Å². The first-order valence-electron chi connectivity index (χ1n) is 38.4. The van der Waals surface area contributed by atoms with E-state index < -0.39 is 384 Å². The average molecular weight is 1760 g/mol. The molecule has 10 aliphatic heterocycles. The molecule has 120 heavy (non-hydrogen) atoms.